The van der Waals surface area contributed by atoms with Crippen LogP contribution in [0.4, 0.5) is 0 Å². The first kappa shape index (κ1) is 15.0. The molecular formula is C15H25N3O2. The van der Waals surface area contributed by atoms with Crippen LogP contribution in [0.15, 0.2) is 18.5 Å². The van der Waals surface area contributed by atoms with Gasteiger partial charge in [-0.15, -0.1) is 0 Å². The average molecular weight is 279 g/mol. The lowest BCUT2D eigenvalue weighted by Crippen LogP contribution is -2.38. The summed E-state index contributed by atoms with van der Waals surface area (Å²) in [6, 6.07) is 1.59. The number of amides is 1. The third-order valence-corrected chi connectivity index (χ3v) is 4.34. The zero-order valence-corrected chi connectivity index (χ0v) is 12.5. The van der Waals surface area contributed by atoms with Crippen LogP contribution in [0.25, 0.3) is 0 Å². The van der Waals surface area contributed by atoms with E-state index < -0.39 is 5.60 Å². The second kappa shape index (κ2) is 6.39. The van der Waals surface area contributed by atoms with Crippen molar-refractivity contribution in [2.75, 3.05) is 13.6 Å². The van der Waals surface area contributed by atoms with E-state index in [9.17, 15) is 9.90 Å². The fraction of sp³-hybridized carbons (Fsp3) is 0.733. The van der Waals surface area contributed by atoms with Gasteiger partial charge in [0.1, 0.15) is 6.04 Å². The summed E-state index contributed by atoms with van der Waals surface area (Å²) in [5, 5.41) is 14.5. The highest BCUT2D eigenvalue weighted by Crippen LogP contribution is 2.32. The molecule has 1 aliphatic rings. The number of carbonyl (C=O) groups is 1. The van der Waals surface area contributed by atoms with Crippen LogP contribution < -0.4 is 0 Å². The van der Waals surface area contributed by atoms with Crippen molar-refractivity contribution in [3.63, 3.8) is 0 Å². The molecule has 5 nitrogen and oxygen atoms in total. The zero-order chi connectivity index (χ0) is 14.6. The van der Waals surface area contributed by atoms with Crippen LogP contribution >= 0.6 is 0 Å². The predicted octanol–water partition coefficient (Wildman–Crippen LogP) is 1.99. The fourth-order valence-corrected chi connectivity index (χ4v) is 2.96. The van der Waals surface area contributed by atoms with Gasteiger partial charge in [0.05, 0.1) is 5.60 Å². The summed E-state index contributed by atoms with van der Waals surface area (Å²) in [5.74, 6) is 0.0674. The quantitative estimate of drug-likeness (QED) is 0.866. The van der Waals surface area contributed by atoms with Crippen LogP contribution in [0.3, 0.4) is 0 Å². The summed E-state index contributed by atoms with van der Waals surface area (Å²) in [7, 11) is 1.81. The van der Waals surface area contributed by atoms with Crippen LogP contribution in [0.5, 0.6) is 0 Å². The van der Waals surface area contributed by atoms with Gasteiger partial charge >= 0.3 is 0 Å². The molecule has 1 atom stereocenters. The molecule has 0 bridgehead atoms. The number of aromatic nitrogens is 2. The van der Waals surface area contributed by atoms with Crippen LogP contribution in [-0.2, 0) is 4.79 Å². The van der Waals surface area contributed by atoms with Gasteiger partial charge in [0.15, 0.2) is 0 Å². The van der Waals surface area contributed by atoms with Crippen LogP contribution in [-0.4, -0.2) is 44.9 Å². The van der Waals surface area contributed by atoms with Crippen molar-refractivity contribution in [3.8, 4) is 0 Å². The molecule has 0 aliphatic heterocycles. The molecule has 1 aromatic heterocycles. The summed E-state index contributed by atoms with van der Waals surface area (Å²) in [6.07, 6.45) is 8.83. The summed E-state index contributed by atoms with van der Waals surface area (Å²) < 4.78 is 1.71. The highest BCUT2D eigenvalue weighted by Gasteiger charge is 2.32. The van der Waals surface area contributed by atoms with E-state index in [1.165, 1.54) is 0 Å². The second-order valence-electron chi connectivity index (χ2n) is 5.85. The Morgan fingerprint density at radius 3 is 2.75 bits per heavy atom. The highest BCUT2D eigenvalue weighted by molar-refractivity contribution is 5.80. The molecule has 0 radical (unpaired) electrons. The van der Waals surface area contributed by atoms with Crippen molar-refractivity contribution in [1.29, 1.82) is 0 Å². The number of carbonyl (C=O) groups excluding carboxylic acids is 1. The number of nitrogens with zero attached hydrogens (tertiary/aromatic N) is 3. The molecule has 0 saturated heterocycles. The molecule has 2 rings (SSSR count). The molecule has 1 heterocycles. The van der Waals surface area contributed by atoms with E-state index in [0.717, 1.165) is 32.1 Å². The minimum atomic E-state index is -0.554. The Labute approximate surface area is 120 Å². The summed E-state index contributed by atoms with van der Waals surface area (Å²) in [4.78, 5) is 14.2. The molecule has 1 fully saturated rings. The van der Waals surface area contributed by atoms with Crippen LogP contribution in [0, 0.1) is 0 Å². The number of aliphatic hydroxyl groups is 1. The Morgan fingerprint density at radius 1 is 1.50 bits per heavy atom. The molecule has 0 unspecified atom stereocenters. The van der Waals surface area contributed by atoms with Gasteiger partial charge < -0.3 is 10.0 Å². The topological polar surface area (TPSA) is 58.4 Å². The molecule has 20 heavy (non-hydrogen) atoms. The Balaban J connectivity index is 1.90. The lowest BCUT2D eigenvalue weighted by Gasteiger charge is -2.28. The van der Waals surface area contributed by atoms with E-state index in [4.69, 9.17) is 0 Å². The molecule has 1 aliphatic carbocycles. The molecule has 1 saturated carbocycles. The largest absolute Gasteiger partial charge is 0.390 e. The van der Waals surface area contributed by atoms with Crippen molar-refractivity contribution >= 4 is 5.91 Å². The monoisotopic (exact) mass is 279 g/mol. The van der Waals surface area contributed by atoms with Gasteiger partial charge in [-0.1, -0.05) is 19.8 Å². The lowest BCUT2D eigenvalue weighted by atomic mass is 9.98. The third kappa shape index (κ3) is 3.39. The van der Waals surface area contributed by atoms with E-state index in [0.29, 0.717) is 13.0 Å². The van der Waals surface area contributed by atoms with Gasteiger partial charge in [-0.05, 0) is 31.7 Å². The van der Waals surface area contributed by atoms with Crippen molar-refractivity contribution in [2.45, 2.75) is 57.1 Å². The van der Waals surface area contributed by atoms with Gasteiger partial charge in [0.25, 0.3) is 0 Å². The van der Waals surface area contributed by atoms with Crippen molar-refractivity contribution < 1.29 is 9.90 Å². The van der Waals surface area contributed by atoms with Crippen LogP contribution in [0.2, 0.25) is 0 Å². The first-order chi connectivity index (χ1) is 9.56. The maximum Gasteiger partial charge on any atom is 0.247 e. The van der Waals surface area contributed by atoms with Gasteiger partial charge in [-0.3, -0.25) is 9.48 Å². The third-order valence-electron chi connectivity index (χ3n) is 4.34. The van der Waals surface area contributed by atoms with E-state index >= 15 is 0 Å². The number of likely N-dealkylation sites (N-methyl/N-ethyl adjacent to an activating group) is 1. The molecule has 0 aromatic carbocycles. The number of hydrogen-bond acceptors (Lipinski definition) is 3. The van der Waals surface area contributed by atoms with E-state index in [1.807, 2.05) is 26.2 Å². The fourth-order valence-electron chi connectivity index (χ4n) is 2.96. The SMILES string of the molecule is CC[C@H](C(=O)N(C)CCC1(O)CCCC1)n1cccn1. The Kier molecular flexibility index (Phi) is 4.81. The highest BCUT2D eigenvalue weighted by atomic mass is 16.3. The summed E-state index contributed by atoms with van der Waals surface area (Å²) >= 11 is 0. The molecule has 1 aromatic rings. The maximum absolute atomic E-state index is 12.5. The van der Waals surface area contributed by atoms with Gasteiger partial charge in [0, 0.05) is 26.0 Å². The number of rotatable bonds is 6. The Morgan fingerprint density at radius 2 is 2.20 bits per heavy atom. The van der Waals surface area contributed by atoms with Crippen LogP contribution in [0.1, 0.15) is 51.5 Å². The Hall–Kier alpha value is -1.36. The minimum absolute atomic E-state index is 0.0674. The summed E-state index contributed by atoms with van der Waals surface area (Å²) in [6.45, 7) is 2.59. The molecule has 5 heteroatoms. The van der Waals surface area contributed by atoms with Crippen molar-refractivity contribution in [2.24, 2.45) is 0 Å². The number of hydrogen-bond donors (Lipinski definition) is 1. The maximum atomic E-state index is 12.5. The zero-order valence-electron chi connectivity index (χ0n) is 12.5. The minimum Gasteiger partial charge on any atom is -0.390 e. The average Bonchev–Trinajstić information content (AvgIpc) is 3.09. The van der Waals surface area contributed by atoms with E-state index in [2.05, 4.69) is 5.10 Å². The molecule has 1 N–H and O–H groups in total. The lowest BCUT2D eigenvalue weighted by molar-refractivity contribution is -0.134. The normalized spacial score (nSPS) is 18.9. The molecule has 112 valence electrons. The van der Waals surface area contributed by atoms with Crippen molar-refractivity contribution in [3.05, 3.63) is 18.5 Å². The standard InChI is InChI=1S/C15H25N3O2/c1-3-13(18-11-6-10-16-18)14(19)17(2)12-9-15(20)7-4-5-8-15/h6,10-11,13,20H,3-5,7-9,12H2,1-2H3/t13-/m1/s1. The van der Waals surface area contributed by atoms with Gasteiger partial charge in [-0.25, -0.2) is 0 Å². The molecule has 0 spiro atoms. The molecule has 1 amide bonds. The second-order valence-corrected chi connectivity index (χ2v) is 5.85. The smallest absolute Gasteiger partial charge is 0.247 e. The molecular weight excluding hydrogens is 254 g/mol. The van der Waals surface area contributed by atoms with Gasteiger partial charge in [-0.2, -0.15) is 5.10 Å². The van der Waals surface area contributed by atoms with Crippen molar-refractivity contribution in [1.82, 2.24) is 14.7 Å². The first-order valence-corrected chi connectivity index (χ1v) is 7.52. The first-order valence-electron chi connectivity index (χ1n) is 7.52. The predicted molar refractivity (Wildman–Crippen MR) is 77.2 cm³/mol. The van der Waals surface area contributed by atoms with Gasteiger partial charge in [0.2, 0.25) is 5.91 Å². The van der Waals surface area contributed by atoms with E-state index in [1.54, 1.807) is 15.8 Å². The Bertz CT molecular complexity index is 424. The van der Waals surface area contributed by atoms with E-state index in [-0.39, 0.29) is 11.9 Å². The summed E-state index contributed by atoms with van der Waals surface area (Å²) in [5.41, 5.74) is -0.554.